The summed E-state index contributed by atoms with van der Waals surface area (Å²) in [6, 6.07) is 2.67. The van der Waals surface area contributed by atoms with Gasteiger partial charge in [0.15, 0.2) is 0 Å². The molecule has 1 aromatic heterocycles. The fourth-order valence-corrected chi connectivity index (χ4v) is 2.87. The second-order valence-electron chi connectivity index (χ2n) is 4.55. The molecule has 0 aliphatic carbocycles. The van der Waals surface area contributed by atoms with E-state index in [2.05, 4.69) is 10.6 Å². The molecule has 1 aliphatic heterocycles. The van der Waals surface area contributed by atoms with E-state index in [1.807, 2.05) is 0 Å². The third-order valence-electron chi connectivity index (χ3n) is 2.95. The van der Waals surface area contributed by atoms with E-state index in [0.717, 1.165) is 30.2 Å². The Bertz CT molecular complexity index is 444. The molecule has 2 N–H and O–H groups in total. The third-order valence-corrected chi connectivity index (χ3v) is 4.08. The van der Waals surface area contributed by atoms with Crippen molar-refractivity contribution in [1.82, 2.24) is 10.6 Å². The largest absolute Gasteiger partial charge is 0.425 e. The van der Waals surface area contributed by atoms with Gasteiger partial charge < -0.3 is 10.6 Å². The number of thiophene rings is 1. The third kappa shape index (κ3) is 4.21. The summed E-state index contributed by atoms with van der Waals surface area (Å²) >= 11 is 0.752. The Morgan fingerprint density at radius 2 is 2.21 bits per heavy atom. The molecule has 1 aliphatic rings. The average molecular weight is 292 g/mol. The minimum Gasteiger partial charge on any atom is -0.352 e. The molecule has 2 heterocycles. The number of hydrogen-bond acceptors (Lipinski definition) is 3. The first-order valence-electron chi connectivity index (χ1n) is 6.11. The van der Waals surface area contributed by atoms with Crippen LogP contribution in [0.5, 0.6) is 0 Å². The SMILES string of the molecule is O=C1CCC[C@H](CNCc2ccc(C(F)(F)F)s2)N1. The first kappa shape index (κ1) is 14.3. The first-order chi connectivity index (χ1) is 8.95. The van der Waals surface area contributed by atoms with E-state index in [1.54, 1.807) is 0 Å². The summed E-state index contributed by atoms with van der Waals surface area (Å²) in [6.07, 6.45) is -1.91. The fourth-order valence-electron chi connectivity index (χ4n) is 2.03. The molecule has 0 unspecified atom stereocenters. The van der Waals surface area contributed by atoms with Gasteiger partial charge in [0, 0.05) is 30.4 Å². The van der Waals surface area contributed by atoms with Crippen molar-refractivity contribution in [3.8, 4) is 0 Å². The molecule has 19 heavy (non-hydrogen) atoms. The Kier molecular flexibility index (Phi) is 4.46. The van der Waals surface area contributed by atoms with Crippen LogP contribution in [0.2, 0.25) is 0 Å². The van der Waals surface area contributed by atoms with Crippen LogP contribution in [-0.4, -0.2) is 18.5 Å². The molecule has 0 saturated carbocycles. The Morgan fingerprint density at radius 1 is 1.42 bits per heavy atom. The minimum absolute atomic E-state index is 0.0496. The van der Waals surface area contributed by atoms with Crippen LogP contribution in [-0.2, 0) is 17.5 Å². The van der Waals surface area contributed by atoms with E-state index < -0.39 is 11.1 Å². The summed E-state index contributed by atoms with van der Waals surface area (Å²) in [7, 11) is 0. The molecule has 0 aromatic carbocycles. The van der Waals surface area contributed by atoms with Gasteiger partial charge in [-0.15, -0.1) is 11.3 Å². The first-order valence-corrected chi connectivity index (χ1v) is 6.93. The van der Waals surface area contributed by atoms with Crippen molar-refractivity contribution < 1.29 is 18.0 Å². The van der Waals surface area contributed by atoms with Crippen molar-refractivity contribution in [2.75, 3.05) is 6.54 Å². The molecule has 0 spiro atoms. The number of rotatable bonds is 4. The van der Waals surface area contributed by atoms with E-state index >= 15 is 0 Å². The molecule has 0 bridgehead atoms. The highest BCUT2D eigenvalue weighted by atomic mass is 32.1. The Morgan fingerprint density at radius 3 is 2.84 bits per heavy atom. The van der Waals surface area contributed by atoms with Gasteiger partial charge in [-0.25, -0.2) is 0 Å². The normalized spacial score (nSPS) is 20.4. The summed E-state index contributed by atoms with van der Waals surface area (Å²) in [4.78, 5) is 11.2. The van der Waals surface area contributed by atoms with Gasteiger partial charge in [0.2, 0.25) is 5.91 Å². The topological polar surface area (TPSA) is 41.1 Å². The van der Waals surface area contributed by atoms with Crippen molar-refractivity contribution in [2.45, 2.75) is 38.0 Å². The summed E-state index contributed by atoms with van der Waals surface area (Å²) in [5.41, 5.74) is 0. The predicted molar refractivity (Wildman–Crippen MR) is 66.8 cm³/mol. The lowest BCUT2D eigenvalue weighted by atomic mass is 10.0. The molecule has 7 heteroatoms. The number of carbonyl (C=O) groups excluding carboxylic acids is 1. The van der Waals surface area contributed by atoms with Crippen LogP contribution in [0, 0.1) is 0 Å². The van der Waals surface area contributed by atoms with Crippen molar-refractivity contribution in [1.29, 1.82) is 0 Å². The maximum Gasteiger partial charge on any atom is 0.425 e. The van der Waals surface area contributed by atoms with Crippen LogP contribution in [0.4, 0.5) is 13.2 Å². The number of carbonyl (C=O) groups is 1. The maximum absolute atomic E-state index is 12.4. The average Bonchev–Trinajstić information content (AvgIpc) is 2.77. The molecule has 1 atom stereocenters. The van der Waals surface area contributed by atoms with Gasteiger partial charge in [-0.1, -0.05) is 0 Å². The molecule has 1 fully saturated rings. The highest BCUT2D eigenvalue weighted by molar-refractivity contribution is 7.12. The molecular weight excluding hydrogens is 277 g/mol. The quantitative estimate of drug-likeness (QED) is 0.895. The van der Waals surface area contributed by atoms with Gasteiger partial charge in [0.05, 0.1) is 0 Å². The van der Waals surface area contributed by atoms with Crippen LogP contribution in [0.15, 0.2) is 12.1 Å². The van der Waals surface area contributed by atoms with Gasteiger partial charge in [0.25, 0.3) is 0 Å². The van der Waals surface area contributed by atoms with Gasteiger partial charge in [0.1, 0.15) is 4.88 Å². The van der Waals surface area contributed by atoms with E-state index in [4.69, 9.17) is 0 Å². The monoisotopic (exact) mass is 292 g/mol. The summed E-state index contributed by atoms with van der Waals surface area (Å²) in [6.45, 7) is 0.984. The molecule has 0 radical (unpaired) electrons. The molecule has 2 rings (SSSR count). The van der Waals surface area contributed by atoms with Gasteiger partial charge in [-0.3, -0.25) is 4.79 Å². The van der Waals surface area contributed by atoms with Crippen LogP contribution >= 0.6 is 11.3 Å². The number of hydrogen-bond donors (Lipinski definition) is 2. The smallest absolute Gasteiger partial charge is 0.352 e. The standard InChI is InChI=1S/C12H15F3N2OS/c13-12(14,15)10-5-4-9(19-10)7-16-6-8-2-1-3-11(18)17-8/h4-5,8,16H,1-3,6-7H2,(H,17,18)/t8-/m1/s1. The molecule has 1 aromatic rings. The van der Waals surface area contributed by atoms with Crippen LogP contribution in [0.1, 0.15) is 29.0 Å². The Hall–Kier alpha value is -1.08. The van der Waals surface area contributed by atoms with Crippen molar-refractivity contribution in [3.63, 3.8) is 0 Å². The van der Waals surface area contributed by atoms with Crippen molar-refractivity contribution in [2.24, 2.45) is 0 Å². The molecule has 106 valence electrons. The van der Waals surface area contributed by atoms with E-state index in [0.29, 0.717) is 24.4 Å². The summed E-state index contributed by atoms with van der Waals surface area (Å²) in [5.74, 6) is 0.0496. The molecular formula is C12H15F3N2OS. The molecule has 1 saturated heterocycles. The lowest BCUT2D eigenvalue weighted by Gasteiger charge is -2.23. The summed E-state index contributed by atoms with van der Waals surface area (Å²) in [5, 5.41) is 5.94. The van der Waals surface area contributed by atoms with Crippen LogP contribution < -0.4 is 10.6 Å². The van der Waals surface area contributed by atoms with Gasteiger partial charge >= 0.3 is 6.18 Å². The number of piperidine rings is 1. The fraction of sp³-hybridized carbons (Fsp3) is 0.583. The number of amides is 1. The highest BCUT2D eigenvalue weighted by Crippen LogP contribution is 2.34. The maximum atomic E-state index is 12.4. The second-order valence-corrected chi connectivity index (χ2v) is 5.72. The van der Waals surface area contributed by atoms with Crippen LogP contribution in [0.25, 0.3) is 0 Å². The highest BCUT2D eigenvalue weighted by Gasteiger charge is 2.32. The minimum atomic E-state index is -4.26. The number of nitrogens with one attached hydrogen (secondary N) is 2. The van der Waals surface area contributed by atoms with E-state index in [9.17, 15) is 18.0 Å². The molecule has 1 amide bonds. The van der Waals surface area contributed by atoms with Crippen molar-refractivity contribution >= 4 is 17.2 Å². The zero-order valence-electron chi connectivity index (χ0n) is 10.2. The summed E-state index contributed by atoms with van der Waals surface area (Å²) < 4.78 is 37.2. The Balaban J connectivity index is 1.76. The number of halogens is 3. The lowest BCUT2D eigenvalue weighted by Crippen LogP contribution is -2.44. The molecule has 3 nitrogen and oxygen atoms in total. The lowest BCUT2D eigenvalue weighted by molar-refractivity contribution is -0.134. The van der Waals surface area contributed by atoms with Crippen molar-refractivity contribution in [3.05, 3.63) is 21.9 Å². The van der Waals surface area contributed by atoms with Gasteiger partial charge in [-0.05, 0) is 25.0 Å². The van der Waals surface area contributed by atoms with E-state index in [1.165, 1.54) is 6.07 Å². The second kappa shape index (κ2) is 5.92. The van der Waals surface area contributed by atoms with E-state index in [-0.39, 0.29) is 11.9 Å². The number of alkyl halides is 3. The van der Waals surface area contributed by atoms with Crippen LogP contribution in [0.3, 0.4) is 0 Å². The zero-order valence-corrected chi connectivity index (χ0v) is 11.0. The van der Waals surface area contributed by atoms with Gasteiger partial charge in [-0.2, -0.15) is 13.2 Å². The Labute approximate surface area is 113 Å². The zero-order chi connectivity index (χ0) is 13.9. The predicted octanol–water partition coefficient (Wildman–Crippen LogP) is 2.53.